The first-order valence-electron chi connectivity index (χ1n) is 7.69. The molecule has 1 aromatic heterocycles. The van der Waals surface area contributed by atoms with Crippen molar-refractivity contribution < 1.29 is 24.2 Å². The van der Waals surface area contributed by atoms with Gasteiger partial charge in [0.25, 0.3) is 0 Å². The van der Waals surface area contributed by atoms with Crippen molar-refractivity contribution in [1.82, 2.24) is 4.98 Å². The molecule has 0 radical (unpaired) electrons. The minimum absolute atomic E-state index is 0.0284. The number of fused-ring (bicyclic) bond motifs is 1. The van der Waals surface area contributed by atoms with E-state index in [-0.39, 0.29) is 17.1 Å². The molecule has 6 nitrogen and oxygen atoms in total. The number of ketones is 1. The molecule has 0 unspecified atom stereocenters. The minimum Gasteiger partial charge on any atom is -0.507 e. The standard InChI is InChI=1S/C19H17NO5/c1-11(18(22)15-10-20-16-6-4-3-5-13(15)16)25-19(23)14-8-7-12(24-2)9-17(14)21/h3-11,20-21H,1-2H3/t11-/m1/s1. The van der Waals surface area contributed by atoms with E-state index in [0.29, 0.717) is 11.3 Å². The van der Waals surface area contributed by atoms with Gasteiger partial charge in [0.1, 0.15) is 17.1 Å². The minimum atomic E-state index is -0.992. The van der Waals surface area contributed by atoms with Gasteiger partial charge in [-0.1, -0.05) is 18.2 Å². The highest BCUT2D eigenvalue weighted by molar-refractivity contribution is 6.10. The van der Waals surface area contributed by atoms with E-state index in [4.69, 9.17) is 9.47 Å². The summed E-state index contributed by atoms with van der Waals surface area (Å²) in [5.74, 6) is -0.951. The predicted octanol–water partition coefficient (Wildman–Crippen LogP) is 3.31. The summed E-state index contributed by atoms with van der Waals surface area (Å²) in [6.07, 6.45) is 0.607. The van der Waals surface area contributed by atoms with Crippen LogP contribution in [-0.4, -0.2) is 35.1 Å². The second-order valence-electron chi connectivity index (χ2n) is 5.54. The third-order valence-electron chi connectivity index (χ3n) is 3.93. The van der Waals surface area contributed by atoms with Gasteiger partial charge in [0, 0.05) is 28.7 Å². The summed E-state index contributed by atoms with van der Waals surface area (Å²) in [7, 11) is 1.45. The van der Waals surface area contributed by atoms with E-state index in [9.17, 15) is 14.7 Å². The van der Waals surface area contributed by atoms with E-state index < -0.39 is 12.1 Å². The first kappa shape index (κ1) is 16.6. The van der Waals surface area contributed by atoms with Crippen LogP contribution in [-0.2, 0) is 4.74 Å². The van der Waals surface area contributed by atoms with Crippen molar-refractivity contribution in [1.29, 1.82) is 0 Å². The molecule has 3 rings (SSSR count). The summed E-state index contributed by atoms with van der Waals surface area (Å²) in [5.41, 5.74) is 1.26. The molecule has 0 saturated heterocycles. The Labute approximate surface area is 144 Å². The molecule has 0 fully saturated rings. The average molecular weight is 339 g/mol. The Hall–Kier alpha value is -3.28. The van der Waals surface area contributed by atoms with Gasteiger partial charge in [-0.25, -0.2) is 4.79 Å². The van der Waals surface area contributed by atoms with Crippen molar-refractivity contribution >= 4 is 22.7 Å². The SMILES string of the molecule is COc1ccc(C(=O)O[C@H](C)C(=O)c2c[nH]c3ccccc23)c(O)c1. The molecule has 1 atom stereocenters. The van der Waals surface area contributed by atoms with Crippen LogP contribution in [0.15, 0.2) is 48.7 Å². The molecular formula is C19H17NO5. The second-order valence-corrected chi connectivity index (χ2v) is 5.54. The predicted molar refractivity (Wildman–Crippen MR) is 92.2 cm³/mol. The third-order valence-corrected chi connectivity index (χ3v) is 3.93. The number of Topliss-reactive ketones (excluding diaryl/α,β-unsaturated/α-hetero) is 1. The van der Waals surface area contributed by atoms with Gasteiger partial charge in [0.05, 0.1) is 7.11 Å². The fourth-order valence-electron chi connectivity index (χ4n) is 2.58. The monoisotopic (exact) mass is 339 g/mol. The van der Waals surface area contributed by atoms with Crippen LogP contribution in [0.5, 0.6) is 11.5 Å². The van der Waals surface area contributed by atoms with E-state index in [1.807, 2.05) is 24.3 Å². The number of rotatable bonds is 5. The highest BCUT2D eigenvalue weighted by atomic mass is 16.5. The lowest BCUT2D eigenvalue weighted by molar-refractivity contribution is 0.0316. The molecule has 0 spiro atoms. The summed E-state index contributed by atoms with van der Waals surface area (Å²) in [6, 6.07) is 11.6. The number of ether oxygens (including phenoxy) is 2. The molecule has 1 heterocycles. The van der Waals surface area contributed by atoms with E-state index in [2.05, 4.69) is 4.98 Å². The maximum atomic E-state index is 12.6. The van der Waals surface area contributed by atoms with Crippen molar-refractivity contribution in [2.24, 2.45) is 0 Å². The van der Waals surface area contributed by atoms with E-state index in [1.165, 1.54) is 32.2 Å². The number of aromatic hydroxyl groups is 1. The molecule has 0 amide bonds. The Kier molecular flexibility index (Phi) is 4.43. The van der Waals surface area contributed by atoms with Gasteiger partial charge in [-0.3, -0.25) is 4.79 Å². The van der Waals surface area contributed by atoms with Gasteiger partial charge < -0.3 is 19.6 Å². The van der Waals surface area contributed by atoms with E-state index >= 15 is 0 Å². The van der Waals surface area contributed by atoms with Gasteiger partial charge >= 0.3 is 5.97 Å². The summed E-state index contributed by atoms with van der Waals surface area (Å²) in [5, 5.41) is 10.7. The molecule has 6 heteroatoms. The summed E-state index contributed by atoms with van der Waals surface area (Å²) in [4.78, 5) is 27.8. The summed E-state index contributed by atoms with van der Waals surface area (Å²) < 4.78 is 10.2. The zero-order chi connectivity index (χ0) is 18.0. The number of phenols is 1. The van der Waals surface area contributed by atoms with Gasteiger partial charge in [0.2, 0.25) is 5.78 Å². The molecule has 0 aliphatic rings. The Morgan fingerprint density at radius 2 is 1.88 bits per heavy atom. The number of hydrogen-bond donors (Lipinski definition) is 2. The zero-order valence-corrected chi connectivity index (χ0v) is 13.8. The average Bonchev–Trinajstić information content (AvgIpc) is 3.04. The number of aromatic amines is 1. The number of methoxy groups -OCH3 is 1. The van der Waals surface area contributed by atoms with Gasteiger partial charge in [-0.15, -0.1) is 0 Å². The maximum absolute atomic E-state index is 12.6. The Morgan fingerprint density at radius 1 is 1.12 bits per heavy atom. The number of phenolic OH excluding ortho intramolecular Hbond substituents is 1. The highest BCUT2D eigenvalue weighted by Gasteiger charge is 2.24. The van der Waals surface area contributed by atoms with Crippen LogP contribution >= 0.6 is 0 Å². The highest BCUT2D eigenvalue weighted by Crippen LogP contribution is 2.25. The number of hydrogen-bond acceptors (Lipinski definition) is 5. The first-order valence-corrected chi connectivity index (χ1v) is 7.69. The fraction of sp³-hybridized carbons (Fsp3) is 0.158. The Balaban J connectivity index is 1.78. The van der Waals surface area contributed by atoms with Gasteiger partial charge in [0.15, 0.2) is 6.10 Å². The topological polar surface area (TPSA) is 88.6 Å². The molecular weight excluding hydrogens is 322 g/mol. The molecule has 128 valence electrons. The number of benzene rings is 2. The number of H-pyrrole nitrogens is 1. The summed E-state index contributed by atoms with van der Waals surface area (Å²) in [6.45, 7) is 1.50. The van der Waals surface area contributed by atoms with Crippen LogP contribution in [0.3, 0.4) is 0 Å². The summed E-state index contributed by atoms with van der Waals surface area (Å²) >= 11 is 0. The molecule has 2 aromatic carbocycles. The maximum Gasteiger partial charge on any atom is 0.342 e. The third kappa shape index (κ3) is 3.19. The lowest BCUT2D eigenvalue weighted by Crippen LogP contribution is -2.24. The molecule has 0 bridgehead atoms. The number of nitrogens with one attached hydrogen (secondary N) is 1. The molecule has 25 heavy (non-hydrogen) atoms. The van der Waals surface area contributed by atoms with Crippen molar-refractivity contribution in [3.05, 3.63) is 59.8 Å². The molecule has 2 N–H and O–H groups in total. The quantitative estimate of drug-likeness (QED) is 0.550. The lowest BCUT2D eigenvalue weighted by Gasteiger charge is -2.13. The first-order chi connectivity index (χ1) is 12.0. The number of esters is 1. The van der Waals surface area contributed by atoms with E-state index in [0.717, 1.165) is 10.9 Å². The fourth-order valence-corrected chi connectivity index (χ4v) is 2.58. The van der Waals surface area contributed by atoms with Crippen LogP contribution in [0.25, 0.3) is 10.9 Å². The second kappa shape index (κ2) is 6.68. The molecule has 0 saturated carbocycles. The largest absolute Gasteiger partial charge is 0.507 e. The number of aromatic nitrogens is 1. The molecule has 3 aromatic rings. The Morgan fingerprint density at radius 3 is 2.60 bits per heavy atom. The van der Waals surface area contributed by atoms with Crippen molar-refractivity contribution in [3.8, 4) is 11.5 Å². The lowest BCUT2D eigenvalue weighted by atomic mass is 10.1. The van der Waals surface area contributed by atoms with Crippen molar-refractivity contribution in [3.63, 3.8) is 0 Å². The zero-order valence-electron chi connectivity index (χ0n) is 13.8. The van der Waals surface area contributed by atoms with Crippen molar-refractivity contribution in [2.45, 2.75) is 13.0 Å². The van der Waals surface area contributed by atoms with Crippen LogP contribution in [0.1, 0.15) is 27.6 Å². The van der Waals surface area contributed by atoms with Crippen LogP contribution < -0.4 is 4.74 Å². The molecule has 0 aliphatic heterocycles. The van der Waals surface area contributed by atoms with Crippen LogP contribution in [0, 0.1) is 0 Å². The van der Waals surface area contributed by atoms with Gasteiger partial charge in [-0.05, 0) is 25.1 Å². The number of para-hydroxylation sites is 1. The number of carbonyl (C=O) groups excluding carboxylic acids is 2. The smallest absolute Gasteiger partial charge is 0.342 e. The Bertz CT molecular complexity index is 944. The van der Waals surface area contributed by atoms with Gasteiger partial charge in [-0.2, -0.15) is 0 Å². The van der Waals surface area contributed by atoms with E-state index in [1.54, 1.807) is 6.20 Å². The molecule has 0 aliphatic carbocycles. The normalized spacial score (nSPS) is 11.9. The number of carbonyl (C=O) groups is 2. The van der Waals surface area contributed by atoms with Crippen LogP contribution in [0.4, 0.5) is 0 Å². The van der Waals surface area contributed by atoms with Crippen LogP contribution in [0.2, 0.25) is 0 Å². The van der Waals surface area contributed by atoms with Crippen molar-refractivity contribution in [2.75, 3.05) is 7.11 Å².